The molecule has 3 aromatic rings. The molecule has 9 nitrogen and oxygen atoms in total. The summed E-state index contributed by atoms with van der Waals surface area (Å²) in [5.41, 5.74) is 6.35. The topological polar surface area (TPSA) is 118 Å². The second kappa shape index (κ2) is 14.7. The highest BCUT2D eigenvalue weighted by molar-refractivity contribution is 14.1. The molecule has 0 aliphatic carbocycles. The number of hydrogen-bond acceptors (Lipinski definition) is 6. The highest BCUT2D eigenvalue weighted by atomic mass is 127. The summed E-state index contributed by atoms with van der Waals surface area (Å²) < 4.78 is 11.8. The lowest BCUT2D eigenvalue weighted by Gasteiger charge is -2.14. The first-order chi connectivity index (χ1) is 19.1. The van der Waals surface area contributed by atoms with Crippen molar-refractivity contribution in [2.75, 3.05) is 19.0 Å². The fourth-order valence-electron chi connectivity index (χ4n) is 3.46. The normalized spacial score (nSPS) is 10.9. The molecule has 0 fully saturated rings. The molecule has 0 aliphatic heterocycles. The fraction of sp³-hybridized carbons (Fsp3) is 0.241. The molecule has 40 heavy (non-hydrogen) atoms. The zero-order chi connectivity index (χ0) is 29.2. The van der Waals surface area contributed by atoms with E-state index in [1.165, 1.54) is 18.9 Å². The van der Waals surface area contributed by atoms with Crippen molar-refractivity contribution >= 4 is 63.8 Å². The number of nitrogens with zero attached hydrogens (tertiary/aromatic N) is 1. The van der Waals surface area contributed by atoms with Gasteiger partial charge in [0, 0.05) is 17.3 Å². The molecule has 0 heterocycles. The lowest BCUT2D eigenvalue weighted by Crippen LogP contribution is -2.37. The Bertz CT molecular complexity index is 1410. The van der Waals surface area contributed by atoms with Gasteiger partial charge in [0.15, 0.2) is 18.1 Å². The molecule has 0 atom stereocenters. The van der Waals surface area contributed by atoms with Crippen molar-refractivity contribution in [1.29, 1.82) is 0 Å². The van der Waals surface area contributed by atoms with Gasteiger partial charge in [0.2, 0.25) is 0 Å². The number of methoxy groups -OCH3 is 1. The molecule has 0 aromatic heterocycles. The molecule has 3 aromatic carbocycles. The van der Waals surface area contributed by atoms with E-state index in [2.05, 4.69) is 35.0 Å². The summed E-state index contributed by atoms with van der Waals surface area (Å²) >= 11 is 8.15. The molecular formula is C29H30ClIN4O5. The Hall–Kier alpha value is -3.64. The molecule has 0 saturated carbocycles. The first-order valence-corrected chi connectivity index (χ1v) is 13.8. The number of hydrazone groups is 1. The number of carbonyl (C=O) groups is 3. The molecular weight excluding hydrogens is 647 g/mol. The summed E-state index contributed by atoms with van der Waals surface area (Å²) in [4.78, 5) is 36.6. The van der Waals surface area contributed by atoms with Gasteiger partial charge in [-0.25, -0.2) is 5.43 Å². The molecule has 0 saturated heterocycles. The van der Waals surface area contributed by atoms with Gasteiger partial charge in [-0.2, -0.15) is 5.10 Å². The number of anilines is 1. The number of hydrogen-bond donors (Lipinski definition) is 3. The lowest BCUT2D eigenvalue weighted by atomic mass is 10.0. The van der Waals surface area contributed by atoms with Gasteiger partial charge in [-0.05, 0) is 82.0 Å². The highest BCUT2D eigenvalue weighted by Crippen LogP contribution is 2.33. The number of carbonyl (C=O) groups excluding carboxylic acids is 3. The van der Waals surface area contributed by atoms with Crippen molar-refractivity contribution in [3.63, 3.8) is 0 Å². The third-order valence-corrected chi connectivity index (χ3v) is 6.95. The zero-order valence-electron chi connectivity index (χ0n) is 22.5. The largest absolute Gasteiger partial charge is 0.493 e. The summed E-state index contributed by atoms with van der Waals surface area (Å²) in [5.74, 6) is -0.897. The average molecular weight is 677 g/mol. The molecule has 210 valence electrons. The summed E-state index contributed by atoms with van der Waals surface area (Å²) in [6.07, 6.45) is 1.37. The molecule has 0 radical (unpaired) electrons. The first kappa shape index (κ1) is 30.9. The molecule has 0 aliphatic rings. The molecule has 11 heteroatoms. The van der Waals surface area contributed by atoms with Crippen LogP contribution in [0.15, 0.2) is 59.7 Å². The van der Waals surface area contributed by atoms with Gasteiger partial charge >= 0.3 is 11.8 Å². The standard InChI is InChI=1S/C29H30ClIN4O5/c1-17(2)21-8-6-19(7-9-21)14-32-28(37)29(38)35-33-15-20-11-24(31)27(25(12-20)39-4)40-16-26(36)34-22-10-5-18(3)23(30)13-22/h5-13,15,17H,14,16H2,1-4H3,(H,32,37)(H,34,36)(H,35,38)/b33-15-. The monoisotopic (exact) mass is 676 g/mol. The second-order valence-electron chi connectivity index (χ2n) is 9.11. The van der Waals surface area contributed by atoms with Crippen LogP contribution in [0.3, 0.4) is 0 Å². The number of rotatable bonds is 10. The predicted molar refractivity (Wildman–Crippen MR) is 164 cm³/mol. The minimum absolute atomic E-state index is 0.224. The van der Waals surface area contributed by atoms with Crippen molar-refractivity contribution in [3.8, 4) is 11.5 Å². The number of amides is 3. The molecule has 3 rings (SSSR count). The zero-order valence-corrected chi connectivity index (χ0v) is 25.4. The van der Waals surface area contributed by atoms with E-state index in [1.54, 1.807) is 24.3 Å². The van der Waals surface area contributed by atoms with Crippen LogP contribution in [-0.2, 0) is 20.9 Å². The number of ether oxygens (including phenoxy) is 2. The van der Waals surface area contributed by atoms with E-state index in [0.717, 1.165) is 11.1 Å². The Morgan fingerprint density at radius 3 is 2.42 bits per heavy atom. The Morgan fingerprint density at radius 2 is 1.77 bits per heavy atom. The van der Waals surface area contributed by atoms with Gasteiger partial charge in [0.05, 0.1) is 16.9 Å². The van der Waals surface area contributed by atoms with Gasteiger partial charge in [0.1, 0.15) is 0 Å². The maximum absolute atomic E-state index is 12.4. The van der Waals surface area contributed by atoms with Gasteiger partial charge in [-0.15, -0.1) is 0 Å². The quantitative estimate of drug-likeness (QED) is 0.119. The molecule has 0 spiro atoms. The van der Waals surface area contributed by atoms with Crippen LogP contribution in [0.5, 0.6) is 11.5 Å². The maximum Gasteiger partial charge on any atom is 0.329 e. The van der Waals surface area contributed by atoms with E-state index in [0.29, 0.717) is 37.3 Å². The van der Waals surface area contributed by atoms with Crippen LogP contribution in [0.2, 0.25) is 5.02 Å². The minimum atomic E-state index is -0.891. The van der Waals surface area contributed by atoms with Crippen LogP contribution in [0.1, 0.15) is 42.0 Å². The SMILES string of the molecule is COc1cc(/C=N\NC(=O)C(=O)NCc2ccc(C(C)C)cc2)cc(I)c1OCC(=O)Nc1ccc(C)c(Cl)c1. The van der Waals surface area contributed by atoms with Crippen molar-refractivity contribution < 1.29 is 23.9 Å². The number of benzene rings is 3. The van der Waals surface area contributed by atoms with E-state index in [1.807, 2.05) is 59.8 Å². The third-order valence-electron chi connectivity index (χ3n) is 5.74. The van der Waals surface area contributed by atoms with Crippen LogP contribution in [0, 0.1) is 10.5 Å². The first-order valence-electron chi connectivity index (χ1n) is 12.3. The lowest BCUT2D eigenvalue weighted by molar-refractivity contribution is -0.139. The van der Waals surface area contributed by atoms with Crippen LogP contribution in [0.25, 0.3) is 0 Å². The molecule has 3 amide bonds. The molecule has 0 bridgehead atoms. The van der Waals surface area contributed by atoms with Crippen LogP contribution in [-0.4, -0.2) is 37.7 Å². The number of nitrogens with one attached hydrogen (secondary N) is 3. The van der Waals surface area contributed by atoms with Crippen molar-refractivity contribution in [3.05, 3.63) is 85.4 Å². The second-order valence-corrected chi connectivity index (χ2v) is 10.7. The van der Waals surface area contributed by atoms with Crippen molar-refractivity contribution in [1.82, 2.24) is 10.7 Å². The average Bonchev–Trinajstić information content (AvgIpc) is 2.93. The number of halogens is 2. The van der Waals surface area contributed by atoms with E-state index in [4.69, 9.17) is 21.1 Å². The van der Waals surface area contributed by atoms with Crippen LogP contribution in [0.4, 0.5) is 5.69 Å². The summed E-state index contributed by atoms with van der Waals surface area (Å²) in [7, 11) is 1.47. The summed E-state index contributed by atoms with van der Waals surface area (Å²) in [5, 5.41) is 9.73. The van der Waals surface area contributed by atoms with E-state index in [9.17, 15) is 14.4 Å². The van der Waals surface area contributed by atoms with Crippen molar-refractivity contribution in [2.24, 2.45) is 5.10 Å². The Balaban J connectivity index is 1.53. The molecule has 3 N–H and O–H groups in total. The van der Waals surface area contributed by atoms with Crippen LogP contribution < -0.4 is 25.5 Å². The van der Waals surface area contributed by atoms with Gasteiger partial charge in [-0.3, -0.25) is 14.4 Å². The Kier molecular flexibility index (Phi) is 11.3. The smallest absolute Gasteiger partial charge is 0.329 e. The third kappa shape index (κ3) is 8.95. The Labute approximate surface area is 251 Å². The minimum Gasteiger partial charge on any atom is -0.493 e. The highest BCUT2D eigenvalue weighted by Gasteiger charge is 2.15. The van der Waals surface area contributed by atoms with Gasteiger partial charge in [0.25, 0.3) is 5.91 Å². The van der Waals surface area contributed by atoms with Crippen LogP contribution >= 0.6 is 34.2 Å². The summed E-state index contributed by atoms with van der Waals surface area (Å²) in [6, 6.07) is 16.4. The summed E-state index contributed by atoms with van der Waals surface area (Å²) in [6.45, 7) is 6.05. The molecule has 0 unspecified atom stereocenters. The predicted octanol–water partition coefficient (Wildman–Crippen LogP) is 5.17. The number of aryl methyl sites for hydroxylation is 1. The van der Waals surface area contributed by atoms with E-state index >= 15 is 0 Å². The Morgan fingerprint density at radius 1 is 1.05 bits per heavy atom. The fourth-order valence-corrected chi connectivity index (χ4v) is 4.42. The van der Waals surface area contributed by atoms with Gasteiger partial charge in [-0.1, -0.05) is 55.8 Å². The van der Waals surface area contributed by atoms with Gasteiger partial charge < -0.3 is 20.1 Å². The maximum atomic E-state index is 12.4. The van der Waals surface area contributed by atoms with E-state index < -0.39 is 11.8 Å². The van der Waals surface area contributed by atoms with Crippen molar-refractivity contribution in [2.45, 2.75) is 33.2 Å². The van der Waals surface area contributed by atoms with E-state index in [-0.39, 0.29) is 19.1 Å².